The minimum atomic E-state index is -1.44. The van der Waals surface area contributed by atoms with Gasteiger partial charge in [0, 0.05) is 26.7 Å². The van der Waals surface area contributed by atoms with Gasteiger partial charge in [0.25, 0.3) is 0 Å². The van der Waals surface area contributed by atoms with Gasteiger partial charge in [0.2, 0.25) is 0 Å². The lowest BCUT2D eigenvalue weighted by Gasteiger charge is -2.41. The lowest BCUT2D eigenvalue weighted by atomic mass is 10.0. The van der Waals surface area contributed by atoms with Crippen LogP contribution in [0, 0.1) is 17.2 Å². The molecule has 3 atom stereocenters. The molecule has 0 amide bonds. The van der Waals surface area contributed by atoms with Crippen LogP contribution in [0.4, 0.5) is 0 Å². The van der Waals surface area contributed by atoms with Gasteiger partial charge in [0.15, 0.2) is 5.53 Å². The van der Waals surface area contributed by atoms with E-state index in [0.717, 1.165) is 12.8 Å². The second-order valence-electron chi connectivity index (χ2n) is 6.32. The van der Waals surface area contributed by atoms with Crippen molar-refractivity contribution in [3.8, 4) is 6.07 Å². The molecule has 0 saturated carbocycles. The van der Waals surface area contributed by atoms with Crippen molar-refractivity contribution in [1.82, 2.24) is 4.67 Å². The Kier molecular flexibility index (Phi) is 12.0. The quantitative estimate of drug-likeness (QED) is 0.268. The van der Waals surface area contributed by atoms with Crippen LogP contribution in [-0.4, -0.2) is 52.3 Å². The molecule has 0 heterocycles. The fraction of sp³-hybridized carbons (Fsp3) is 0.938. The highest BCUT2D eigenvalue weighted by molar-refractivity contribution is 7.36. The van der Waals surface area contributed by atoms with Crippen molar-refractivity contribution < 1.29 is 14.9 Å². The summed E-state index contributed by atoms with van der Waals surface area (Å²) in [7, 11) is 0.00437. The molecule has 0 spiro atoms. The molecular formula is C16H34N3O3P. The number of rotatable bonds is 13. The molecule has 23 heavy (non-hydrogen) atoms. The van der Waals surface area contributed by atoms with E-state index in [2.05, 4.69) is 32.4 Å². The second-order valence-corrected chi connectivity index (χ2v) is 7.78. The summed E-state index contributed by atoms with van der Waals surface area (Å²) in [5, 5.41) is 29.6. The van der Waals surface area contributed by atoms with Crippen molar-refractivity contribution in [2.75, 3.05) is 19.8 Å². The number of aliphatic hydroxyl groups is 2. The molecule has 0 radical (unpaired) electrons. The molecule has 0 bridgehead atoms. The maximum absolute atomic E-state index is 11.1. The smallest absolute Gasteiger partial charge is 0.200 e. The number of nitrogens with two attached hydrogens (primary N) is 1. The van der Waals surface area contributed by atoms with Gasteiger partial charge in [0.05, 0.1) is 25.7 Å². The highest BCUT2D eigenvalue weighted by Gasteiger charge is 2.40. The first-order chi connectivity index (χ1) is 10.8. The molecule has 0 rings (SSSR count). The lowest BCUT2D eigenvalue weighted by molar-refractivity contribution is -0.180. The van der Waals surface area contributed by atoms with Gasteiger partial charge >= 0.3 is 0 Å². The van der Waals surface area contributed by atoms with Crippen LogP contribution < -0.4 is 5.73 Å². The Hall–Kier alpha value is -0.280. The van der Waals surface area contributed by atoms with Crippen LogP contribution in [0.5, 0.6) is 0 Å². The lowest BCUT2D eigenvalue weighted by Crippen LogP contribution is -2.44. The third kappa shape index (κ3) is 8.39. The number of hydrogen-bond acceptors (Lipinski definition) is 6. The summed E-state index contributed by atoms with van der Waals surface area (Å²) >= 11 is 0. The predicted molar refractivity (Wildman–Crippen MR) is 95.0 cm³/mol. The van der Waals surface area contributed by atoms with E-state index in [9.17, 15) is 10.2 Å². The fourth-order valence-electron chi connectivity index (χ4n) is 2.48. The normalized spacial score (nSPS) is 16.4. The second kappa shape index (κ2) is 12.1. The Bertz CT molecular complexity index is 342. The largest absolute Gasteiger partial charge is 0.396 e. The average Bonchev–Trinajstić information content (AvgIpc) is 2.49. The van der Waals surface area contributed by atoms with Crippen LogP contribution >= 0.6 is 8.73 Å². The maximum Gasteiger partial charge on any atom is 0.200 e. The SMILES string of the molecule is CC(C)N(P[C@@](O)(OCCC#N)[C@H](CO)CCCCN)C(C)C. The van der Waals surface area contributed by atoms with Crippen molar-refractivity contribution in [3.63, 3.8) is 0 Å². The fourth-order valence-corrected chi connectivity index (χ4v) is 3.95. The van der Waals surface area contributed by atoms with Crippen molar-refractivity contribution in [2.45, 2.75) is 71.0 Å². The summed E-state index contributed by atoms with van der Waals surface area (Å²) in [6, 6.07) is 2.53. The average molecular weight is 347 g/mol. The molecule has 0 aromatic heterocycles. The molecule has 0 aliphatic rings. The van der Waals surface area contributed by atoms with Gasteiger partial charge in [0.1, 0.15) is 0 Å². The topological polar surface area (TPSA) is 103 Å². The standard InChI is InChI=1S/C16H34N3O3P/c1-13(2)19(14(3)4)23-16(21,22-11-7-10-18)15(12-20)8-5-6-9-17/h13-15,20-21,23H,5-9,11-12,17H2,1-4H3/t15-,16-/m0/s1. The van der Waals surface area contributed by atoms with Crippen LogP contribution in [0.3, 0.4) is 0 Å². The zero-order valence-corrected chi connectivity index (χ0v) is 16.0. The summed E-state index contributed by atoms with van der Waals surface area (Å²) in [5.74, 6) is -0.383. The highest BCUT2D eigenvalue weighted by Crippen LogP contribution is 2.44. The monoisotopic (exact) mass is 347 g/mol. The summed E-state index contributed by atoms with van der Waals surface area (Å²) in [5.41, 5.74) is 4.09. The molecule has 0 aliphatic carbocycles. The summed E-state index contributed by atoms with van der Waals surface area (Å²) < 4.78 is 7.86. The Morgan fingerprint density at radius 1 is 1.26 bits per heavy atom. The Morgan fingerprint density at radius 3 is 2.30 bits per heavy atom. The molecule has 0 aliphatic heterocycles. The minimum Gasteiger partial charge on any atom is -0.396 e. The maximum atomic E-state index is 11.1. The molecule has 4 N–H and O–H groups in total. The van der Waals surface area contributed by atoms with E-state index in [-0.39, 0.29) is 46.4 Å². The zero-order valence-electron chi connectivity index (χ0n) is 15.0. The molecule has 0 fully saturated rings. The number of ether oxygens (including phenoxy) is 1. The first kappa shape index (κ1) is 22.7. The van der Waals surface area contributed by atoms with Crippen LogP contribution in [0.2, 0.25) is 0 Å². The first-order valence-corrected chi connectivity index (χ1v) is 9.37. The van der Waals surface area contributed by atoms with Gasteiger partial charge in [-0.1, -0.05) is 6.42 Å². The number of nitriles is 1. The van der Waals surface area contributed by atoms with Crippen LogP contribution in [-0.2, 0) is 4.74 Å². The molecule has 1 unspecified atom stereocenters. The number of unbranched alkanes of at least 4 members (excludes halogenated alkanes) is 1. The van der Waals surface area contributed by atoms with E-state index in [1.165, 1.54) is 0 Å². The molecule has 0 aromatic carbocycles. The van der Waals surface area contributed by atoms with E-state index in [1.54, 1.807) is 0 Å². The number of aliphatic hydroxyl groups excluding tert-OH is 1. The summed E-state index contributed by atoms with van der Waals surface area (Å²) in [4.78, 5) is 0. The molecule has 136 valence electrons. The van der Waals surface area contributed by atoms with Gasteiger partial charge < -0.3 is 20.7 Å². The van der Waals surface area contributed by atoms with Crippen molar-refractivity contribution in [2.24, 2.45) is 11.7 Å². The third-order valence-corrected chi connectivity index (χ3v) is 5.88. The van der Waals surface area contributed by atoms with E-state index in [4.69, 9.17) is 15.7 Å². The third-order valence-electron chi connectivity index (χ3n) is 3.72. The van der Waals surface area contributed by atoms with E-state index >= 15 is 0 Å². The van der Waals surface area contributed by atoms with Crippen LogP contribution in [0.1, 0.15) is 53.4 Å². The Balaban J connectivity index is 5.13. The Morgan fingerprint density at radius 2 is 1.87 bits per heavy atom. The van der Waals surface area contributed by atoms with Gasteiger partial charge in [-0.25, -0.2) is 0 Å². The zero-order chi connectivity index (χ0) is 17.9. The molecule has 7 heteroatoms. The predicted octanol–water partition coefficient (Wildman–Crippen LogP) is 2.01. The summed E-state index contributed by atoms with van der Waals surface area (Å²) in [6.45, 7) is 8.91. The highest BCUT2D eigenvalue weighted by atomic mass is 31.1. The minimum absolute atomic E-state index is 0.00437. The van der Waals surface area contributed by atoms with Gasteiger partial charge in [-0.05, 0) is 47.1 Å². The molecule has 0 aromatic rings. The van der Waals surface area contributed by atoms with Gasteiger partial charge in [-0.2, -0.15) is 5.26 Å². The van der Waals surface area contributed by atoms with E-state index in [0.29, 0.717) is 13.0 Å². The van der Waals surface area contributed by atoms with E-state index in [1.807, 2.05) is 6.07 Å². The Labute approximate surface area is 142 Å². The molecule has 0 saturated heterocycles. The first-order valence-electron chi connectivity index (χ1n) is 8.42. The number of nitrogens with zero attached hydrogens (tertiary/aromatic N) is 2. The molecular weight excluding hydrogens is 313 g/mol. The summed E-state index contributed by atoms with van der Waals surface area (Å²) in [6.07, 6.45) is 2.55. The number of hydrogen-bond donors (Lipinski definition) is 3. The van der Waals surface area contributed by atoms with Crippen molar-refractivity contribution in [1.29, 1.82) is 5.26 Å². The van der Waals surface area contributed by atoms with Crippen LogP contribution in [0.25, 0.3) is 0 Å². The van der Waals surface area contributed by atoms with Crippen molar-refractivity contribution >= 4 is 8.73 Å². The van der Waals surface area contributed by atoms with Gasteiger partial charge in [-0.3, -0.25) is 4.67 Å². The van der Waals surface area contributed by atoms with Gasteiger partial charge in [-0.15, -0.1) is 0 Å². The van der Waals surface area contributed by atoms with Crippen LogP contribution in [0.15, 0.2) is 0 Å². The van der Waals surface area contributed by atoms with E-state index < -0.39 is 5.53 Å². The molecule has 6 nitrogen and oxygen atoms in total. The van der Waals surface area contributed by atoms with Crippen molar-refractivity contribution in [3.05, 3.63) is 0 Å².